The topological polar surface area (TPSA) is 71.2 Å². The van der Waals surface area contributed by atoms with Crippen LogP contribution in [-0.2, 0) is 16.1 Å². The molecule has 0 saturated carbocycles. The number of carbonyl (C=O) groups excluding carboxylic acids is 2. The molecule has 1 heterocycles. The first-order valence-corrected chi connectivity index (χ1v) is 6.83. The van der Waals surface area contributed by atoms with Gasteiger partial charge in [-0.3, -0.25) is 4.79 Å². The average molecular weight is 327 g/mol. The minimum Gasteiger partial charge on any atom is -0.451 e. The van der Waals surface area contributed by atoms with Crippen molar-refractivity contribution in [3.63, 3.8) is 0 Å². The summed E-state index contributed by atoms with van der Waals surface area (Å²) in [6, 6.07) is 8.58. The molecule has 1 aromatic heterocycles. The number of hydrogen-bond donors (Lipinski definition) is 2. The summed E-state index contributed by atoms with van der Waals surface area (Å²) in [5, 5.41) is 3.57. The summed E-state index contributed by atoms with van der Waals surface area (Å²) in [6.45, 7) is -0.107. The van der Waals surface area contributed by atoms with E-state index < -0.39 is 11.9 Å². The number of esters is 1. The van der Waals surface area contributed by atoms with Gasteiger partial charge in [-0.15, -0.1) is 0 Å². The van der Waals surface area contributed by atoms with Crippen molar-refractivity contribution in [2.45, 2.75) is 6.54 Å². The van der Waals surface area contributed by atoms with Crippen molar-refractivity contribution < 1.29 is 14.3 Å². The van der Waals surface area contributed by atoms with Gasteiger partial charge in [-0.05, 0) is 17.7 Å². The third-order valence-corrected chi connectivity index (χ3v) is 3.22. The Hall–Kier alpha value is -1.98. The molecule has 2 N–H and O–H groups in total. The Bertz CT molecular complexity index is 655. The monoisotopic (exact) mass is 326 g/mol. The van der Waals surface area contributed by atoms with Gasteiger partial charge in [0.2, 0.25) is 0 Å². The summed E-state index contributed by atoms with van der Waals surface area (Å²) in [7, 11) is 0. The van der Waals surface area contributed by atoms with Gasteiger partial charge in [-0.1, -0.05) is 41.4 Å². The smallest absolute Gasteiger partial charge is 0.355 e. The van der Waals surface area contributed by atoms with E-state index in [1.807, 2.05) is 6.07 Å². The third-order valence-electron chi connectivity index (χ3n) is 2.64. The van der Waals surface area contributed by atoms with Crippen molar-refractivity contribution in [3.8, 4) is 0 Å². The number of nitrogens with one attached hydrogen (secondary N) is 2. The van der Waals surface area contributed by atoms with Gasteiger partial charge >= 0.3 is 5.97 Å². The predicted octanol–water partition coefficient (Wildman–Crippen LogP) is 2.79. The van der Waals surface area contributed by atoms with Crippen molar-refractivity contribution >= 4 is 35.1 Å². The lowest BCUT2D eigenvalue weighted by Gasteiger charge is -2.07. The number of halogens is 2. The van der Waals surface area contributed by atoms with E-state index in [1.165, 1.54) is 12.3 Å². The van der Waals surface area contributed by atoms with Crippen LogP contribution < -0.4 is 5.32 Å². The molecule has 0 radical (unpaired) electrons. The summed E-state index contributed by atoms with van der Waals surface area (Å²) in [6.07, 6.45) is 1.45. The molecule has 7 heteroatoms. The number of H-pyrrole nitrogens is 1. The normalized spacial score (nSPS) is 10.2. The van der Waals surface area contributed by atoms with Crippen LogP contribution in [0.3, 0.4) is 0 Å². The van der Waals surface area contributed by atoms with E-state index in [4.69, 9.17) is 27.9 Å². The van der Waals surface area contributed by atoms with Crippen molar-refractivity contribution in [2.75, 3.05) is 6.61 Å². The maximum absolute atomic E-state index is 11.6. The Morgan fingerprint density at radius 3 is 2.67 bits per heavy atom. The standard InChI is InChI=1S/C14H12Cl2N2O3/c15-10-5-12(17-7-10)14(20)21-8-13(19)18-6-9-3-1-2-4-11(9)16/h1-5,7,17H,6,8H2,(H,18,19). The minimum absolute atomic E-state index is 0.193. The number of amides is 1. The van der Waals surface area contributed by atoms with E-state index in [-0.39, 0.29) is 18.8 Å². The molecule has 1 aromatic carbocycles. The fourth-order valence-electron chi connectivity index (χ4n) is 1.58. The number of carbonyl (C=O) groups is 2. The zero-order valence-electron chi connectivity index (χ0n) is 10.9. The number of hydrogen-bond acceptors (Lipinski definition) is 3. The fourth-order valence-corrected chi connectivity index (χ4v) is 1.95. The predicted molar refractivity (Wildman–Crippen MR) is 79.4 cm³/mol. The van der Waals surface area contributed by atoms with Crippen LogP contribution in [0.5, 0.6) is 0 Å². The first-order valence-electron chi connectivity index (χ1n) is 6.07. The zero-order chi connectivity index (χ0) is 15.2. The van der Waals surface area contributed by atoms with Gasteiger partial charge in [0.15, 0.2) is 6.61 Å². The van der Waals surface area contributed by atoms with Crippen LogP contribution in [0.15, 0.2) is 36.5 Å². The van der Waals surface area contributed by atoms with Crippen molar-refractivity contribution in [1.82, 2.24) is 10.3 Å². The second-order valence-corrected chi connectivity index (χ2v) is 5.02. The Kier molecular flexibility index (Phi) is 5.25. The molecule has 0 aliphatic rings. The van der Waals surface area contributed by atoms with Gasteiger partial charge in [0.05, 0.1) is 5.02 Å². The molecule has 5 nitrogen and oxygen atoms in total. The largest absolute Gasteiger partial charge is 0.451 e. The van der Waals surface area contributed by atoms with E-state index in [9.17, 15) is 9.59 Å². The Labute approximate surface area is 131 Å². The molecule has 110 valence electrons. The minimum atomic E-state index is -0.644. The van der Waals surface area contributed by atoms with Crippen LogP contribution >= 0.6 is 23.2 Å². The first-order chi connectivity index (χ1) is 10.1. The lowest BCUT2D eigenvalue weighted by molar-refractivity contribution is -0.124. The highest BCUT2D eigenvalue weighted by Crippen LogP contribution is 2.14. The molecule has 0 unspecified atom stereocenters. The Morgan fingerprint density at radius 1 is 1.24 bits per heavy atom. The molecule has 2 aromatic rings. The third kappa shape index (κ3) is 4.51. The zero-order valence-corrected chi connectivity index (χ0v) is 12.4. The molecule has 0 fully saturated rings. The molecule has 21 heavy (non-hydrogen) atoms. The number of ether oxygens (including phenoxy) is 1. The molecule has 1 amide bonds. The highest BCUT2D eigenvalue weighted by atomic mass is 35.5. The van der Waals surface area contributed by atoms with Crippen molar-refractivity contribution in [1.29, 1.82) is 0 Å². The van der Waals surface area contributed by atoms with Crippen LogP contribution in [0, 0.1) is 0 Å². The number of rotatable bonds is 5. The maximum atomic E-state index is 11.6. The molecule has 0 saturated heterocycles. The van der Waals surface area contributed by atoms with Crippen molar-refractivity contribution in [2.24, 2.45) is 0 Å². The summed E-state index contributed by atoms with van der Waals surface area (Å²) in [4.78, 5) is 25.8. The van der Waals surface area contributed by atoms with Crippen LogP contribution in [0.25, 0.3) is 0 Å². The summed E-state index contributed by atoms with van der Waals surface area (Å²) < 4.78 is 4.85. The van der Waals surface area contributed by atoms with Gasteiger partial charge in [0.1, 0.15) is 5.69 Å². The maximum Gasteiger partial charge on any atom is 0.355 e. The van der Waals surface area contributed by atoms with Crippen LogP contribution in [0.4, 0.5) is 0 Å². The van der Waals surface area contributed by atoms with Gasteiger partial charge in [0.25, 0.3) is 5.91 Å². The van der Waals surface area contributed by atoms with Crippen LogP contribution in [0.1, 0.15) is 16.1 Å². The fraction of sp³-hybridized carbons (Fsp3) is 0.143. The highest BCUT2D eigenvalue weighted by Gasteiger charge is 2.12. The van der Waals surface area contributed by atoms with E-state index in [1.54, 1.807) is 18.2 Å². The van der Waals surface area contributed by atoms with E-state index in [0.29, 0.717) is 10.0 Å². The number of benzene rings is 1. The number of aromatic amines is 1. The SMILES string of the molecule is O=C(COC(=O)c1cc(Cl)c[nH]1)NCc1ccccc1Cl. The summed E-state index contributed by atoms with van der Waals surface area (Å²) >= 11 is 11.6. The van der Waals surface area contributed by atoms with Gasteiger partial charge in [-0.2, -0.15) is 0 Å². The Morgan fingerprint density at radius 2 is 2.00 bits per heavy atom. The van der Waals surface area contributed by atoms with Gasteiger partial charge in [0, 0.05) is 17.8 Å². The summed E-state index contributed by atoms with van der Waals surface area (Å²) in [5.41, 5.74) is 0.980. The second kappa shape index (κ2) is 7.15. The molecular formula is C14H12Cl2N2O3. The average Bonchev–Trinajstić information content (AvgIpc) is 2.90. The van der Waals surface area contributed by atoms with E-state index in [2.05, 4.69) is 10.3 Å². The van der Waals surface area contributed by atoms with Crippen LogP contribution in [-0.4, -0.2) is 23.5 Å². The molecule has 0 aliphatic carbocycles. The van der Waals surface area contributed by atoms with Crippen LogP contribution in [0.2, 0.25) is 10.0 Å². The second-order valence-electron chi connectivity index (χ2n) is 4.18. The highest BCUT2D eigenvalue weighted by molar-refractivity contribution is 6.31. The number of aromatic nitrogens is 1. The lowest BCUT2D eigenvalue weighted by Crippen LogP contribution is -2.28. The first kappa shape index (κ1) is 15.4. The molecule has 2 rings (SSSR count). The van der Waals surface area contributed by atoms with Gasteiger partial charge in [-0.25, -0.2) is 4.79 Å². The Balaban J connectivity index is 1.78. The molecule has 0 spiro atoms. The quantitative estimate of drug-likeness (QED) is 0.830. The van der Waals surface area contributed by atoms with E-state index in [0.717, 1.165) is 5.56 Å². The van der Waals surface area contributed by atoms with Gasteiger partial charge < -0.3 is 15.0 Å². The molecule has 0 aliphatic heterocycles. The molecule has 0 bridgehead atoms. The van der Waals surface area contributed by atoms with Crippen molar-refractivity contribution in [3.05, 3.63) is 57.8 Å². The molecular weight excluding hydrogens is 315 g/mol. The lowest BCUT2D eigenvalue weighted by atomic mass is 10.2. The molecule has 0 atom stereocenters. The van der Waals surface area contributed by atoms with E-state index >= 15 is 0 Å². The summed E-state index contributed by atoms with van der Waals surface area (Å²) in [5.74, 6) is -1.06.